The molecule has 0 nitrogen and oxygen atoms in total. The monoisotopic (exact) mass is 284 g/mol. The van der Waals surface area contributed by atoms with Crippen molar-refractivity contribution in [1.29, 1.82) is 0 Å². The second kappa shape index (κ2) is 36.3. The Bertz CT molecular complexity index is 161. The summed E-state index contributed by atoms with van der Waals surface area (Å²) in [4.78, 5) is 0. The predicted molar refractivity (Wildman–Crippen MR) is 101 cm³/mol. The molecular formula is C20H44. The van der Waals surface area contributed by atoms with E-state index in [0.29, 0.717) is 0 Å². The minimum absolute atomic E-state index is 1.15. The Hall–Kier alpha value is -0.520. The van der Waals surface area contributed by atoms with Crippen LogP contribution in [0.15, 0.2) is 23.8 Å². The van der Waals surface area contributed by atoms with Crippen molar-refractivity contribution in [3.05, 3.63) is 23.8 Å². The second-order valence-corrected chi connectivity index (χ2v) is 4.10. The first-order valence-corrected chi connectivity index (χ1v) is 9.12. The summed E-state index contributed by atoms with van der Waals surface area (Å²) in [6.07, 6.45) is 15.7. The van der Waals surface area contributed by atoms with Crippen LogP contribution in [0.5, 0.6) is 0 Å². The molecule has 20 heavy (non-hydrogen) atoms. The summed E-state index contributed by atoms with van der Waals surface area (Å²) in [5.74, 6) is 0. The Balaban J connectivity index is -0.000000134. The molecule has 0 saturated heterocycles. The van der Waals surface area contributed by atoms with Crippen LogP contribution in [0, 0.1) is 0 Å². The van der Waals surface area contributed by atoms with Crippen LogP contribution in [0.25, 0.3) is 0 Å². The lowest BCUT2D eigenvalue weighted by Crippen LogP contribution is -1.79. The lowest BCUT2D eigenvalue weighted by molar-refractivity contribution is 0.794. The van der Waals surface area contributed by atoms with Crippen molar-refractivity contribution in [3.8, 4) is 0 Å². The highest BCUT2D eigenvalue weighted by Gasteiger charge is 1.89. The van der Waals surface area contributed by atoms with Crippen molar-refractivity contribution in [1.82, 2.24) is 0 Å². The first kappa shape index (κ1) is 27.8. The van der Waals surface area contributed by atoms with E-state index < -0.39 is 0 Å². The Kier molecular flexibility index (Phi) is 50.3. The highest BCUT2D eigenvalue weighted by molar-refractivity contribution is 5.18. The number of hydrogen-bond donors (Lipinski definition) is 0. The highest BCUT2D eigenvalue weighted by atomic mass is 14.0. The largest absolute Gasteiger partial charge is 0.0845 e. The van der Waals surface area contributed by atoms with E-state index in [0.717, 1.165) is 12.8 Å². The number of rotatable bonds is 7. The molecule has 0 rings (SSSR count). The van der Waals surface area contributed by atoms with E-state index in [9.17, 15) is 0 Å². The predicted octanol–water partition coefficient (Wildman–Crippen LogP) is 8.34. The van der Waals surface area contributed by atoms with Crippen LogP contribution in [0.2, 0.25) is 0 Å². The van der Waals surface area contributed by atoms with Gasteiger partial charge >= 0.3 is 0 Å². The van der Waals surface area contributed by atoms with E-state index in [2.05, 4.69) is 52.8 Å². The zero-order chi connectivity index (χ0) is 16.6. The summed E-state index contributed by atoms with van der Waals surface area (Å²) in [5.41, 5.74) is 1.52. The smallest absolute Gasteiger partial charge is 0.0282 e. The minimum atomic E-state index is 1.15. The molecule has 0 atom stereocenters. The Labute approximate surface area is 131 Å². The van der Waals surface area contributed by atoms with E-state index in [1.165, 1.54) is 37.7 Å². The first-order valence-electron chi connectivity index (χ1n) is 9.12. The summed E-state index contributed by atoms with van der Waals surface area (Å²) in [6.45, 7) is 19.0. The van der Waals surface area contributed by atoms with Crippen molar-refractivity contribution in [3.63, 3.8) is 0 Å². The summed E-state index contributed by atoms with van der Waals surface area (Å²) >= 11 is 0. The van der Waals surface area contributed by atoms with Crippen LogP contribution in [0.3, 0.4) is 0 Å². The SMILES string of the molecule is CC.CC.CC/C=C\C(=C/CC)CCCC.CCCC. The second-order valence-electron chi connectivity index (χ2n) is 4.10. The van der Waals surface area contributed by atoms with Gasteiger partial charge in [0.25, 0.3) is 0 Å². The Morgan fingerprint density at radius 1 is 0.700 bits per heavy atom. The zero-order valence-corrected chi connectivity index (χ0v) is 16.2. The molecule has 0 aromatic heterocycles. The molecular weight excluding hydrogens is 240 g/mol. The average molecular weight is 285 g/mol. The van der Waals surface area contributed by atoms with Gasteiger partial charge in [-0.3, -0.25) is 0 Å². The molecule has 0 aliphatic carbocycles. The molecule has 0 aromatic rings. The topological polar surface area (TPSA) is 0 Å². The van der Waals surface area contributed by atoms with E-state index >= 15 is 0 Å². The fraction of sp³-hybridized carbons (Fsp3) is 0.800. The molecule has 0 amide bonds. The maximum absolute atomic E-state index is 2.34. The van der Waals surface area contributed by atoms with Crippen molar-refractivity contribution < 1.29 is 0 Å². The minimum Gasteiger partial charge on any atom is -0.0845 e. The van der Waals surface area contributed by atoms with Gasteiger partial charge in [-0.15, -0.1) is 0 Å². The molecule has 0 radical (unpaired) electrons. The van der Waals surface area contributed by atoms with E-state index in [-0.39, 0.29) is 0 Å². The summed E-state index contributed by atoms with van der Waals surface area (Å²) in [6, 6.07) is 0. The van der Waals surface area contributed by atoms with Gasteiger partial charge < -0.3 is 0 Å². The van der Waals surface area contributed by atoms with Crippen LogP contribution < -0.4 is 0 Å². The fourth-order valence-corrected chi connectivity index (χ4v) is 1.17. The van der Waals surface area contributed by atoms with Crippen LogP contribution in [-0.4, -0.2) is 0 Å². The van der Waals surface area contributed by atoms with Crippen LogP contribution >= 0.6 is 0 Å². The zero-order valence-electron chi connectivity index (χ0n) is 16.2. The van der Waals surface area contributed by atoms with Gasteiger partial charge in [0.1, 0.15) is 0 Å². The lowest BCUT2D eigenvalue weighted by Gasteiger charge is -1.99. The standard InChI is InChI=1S/C12H22.C4H10.2C2H6/c1-4-7-10-12(9-6-3)11-8-5-2;1-3-4-2;2*1-2/h7,9-10H,4-6,8,11H2,1-3H3;3-4H2,1-2H3;2*1-2H3/b10-7-,12-9+;;;. The van der Waals surface area contributed by atoms with Crippen LogP contribution in [-0.2, 0) is 0 Å². The number of allylic oxidation sites excluding steroid dienone is 4. The highest BCUT2D eigenvalue weighted by Crippen LogP contribution is 2.10. The van der Waals surface area contributed by atoms with E-state index in [4.69, 9.17) is 0 Å². The van der Waals surface area contributed by atoms with Crippen LogP contribution in [0.4, 0.5) is 0 Å². The van der Waals surface area contributed by atoms with Crippen molar-refractivity contribution in [2.45, 2.75) is 107 Å². The molecule has 124 valence electrons. The molecule has 0 N–H and O–H groups in total. The van der Waals surface area contributed by atoms with Gasteiger partial charge in [-0.25, -0.2) is 0 Å². The quantitative estimate of drug-likeness (QED) is 0.412. The third-order valence-corrected chi connectivity index (χ3v) is 2.35. The number of unbranched alkanes of at least 4 members (excludes halogenated alkanes) is 2. The molecule has 0 heterocycles. The molecule has 0 heteroatoms. The van der Waals surface area contributed by atoms with Crippen molar-refractivity contribution in [2.75, 3.05) is 0 Å². The molecule has 0 aromatic carbocycles. The Morgan fingerprint density at radius 3 is 1.50 bits per heavy atom. The van der Waals surface area contributed by atoms with Gasteiger partial charge in [0.2, 0.25) is 0 Å². The van der Waals surface area contributed by atoms with Gasteiger partial charge in [-0.2, -0.15) is 0 Å². The van der Waals surface area contributed by atoms with Crippen molar-refractivity contribution >= 4 is 0 Å². The van der Waals surface area contributed by atoms with E-state index in [1.54, 1.807) is 0 Å². The number of hydrogen-bond acceptors (Lipinski definition) is 0. The maximum atomic E-state index is 2.34. The molecule has 0 fully saturated rings. The summed E-state index contributed by atoms with van der Waals surface area (Å²) in [7, 11) is 0. The molecule has 0 saturated carbocycles. The lowest BCUT2D eigenvalue weighted by atomic mass is 10.1. The molecule has 0 aliphatic heterocycles. The molecule has 0 unspecified atom stereocenters. The normalized spacial score (nSPS) is 9.75. The molecule has 0 bridgehead atoms. The van der Waals surface area contributed by atoms with Gasteiger partial charge in [-0.1, -0.05) is 105 Å². The molecule has 0 spiro atoms. The van der Waals surface area contributed by atoms with Gasteiger partial charge in [0, 0.05) is 0 Å². The van der Waals surface area contributed by atoms with Crippen LogP contribution in [0.1, 0.15) is 107 Å². The summed E-state index contributed by atoms with van der Waals surface area (Å²) < 4.78 is 0. The molecule has 0 aliphatic rings. The Morgan fingerprint density at radius 2 is 1.20 bits per heavy atom. The average Bonchev–Trinajstić information content (AvgIpc) is 2.54. The van der Waals surface area contributed by atoms with Gasteiger partial charge in [0.05, 0.1) is 0 Å². The van der Waals surface area contributed by atoms with Gasteiger partial charge in [0.15, 0.2) is 0 Å². The third-order valence-electron chi connectivity index (χ3n) is 2.35. The summed E-state index contributed by atoms with van der Waals surface area (Å²) in [5, 5.41) is 0. The van der Waals surface area contributed by atoms with Crippen molar-refractivity contribution in [2.24, 2.45) is 0 Å². The first-order chi connectivity index (χ1) is 9.76. The third kappa shape index (κ3) is 36.0. The maximum Gasteiger partial charge on any atom is -0.0282 e. The fourth-order valence-electron chi connectivity index (χ4n) is 1.17. The van der Waals surface area contributed by atoms with E-state index in [1.807, 2.05) is 27.7 Å². The van der Waals surface area contributed by atoms with Gasteiger partial charge in [-0.05, 0) is 25.7 Å².